The van der Waals surface area contributed by atoms with Crippen LogP contribution in [0.3, 0.4) is 0 Å². The van der Waals surface area contributed by atoms with Crippen LogP contribution in [0.25, 0.3) is 0 Å². The molecule has 0 saturated carbocycles. The number of hydrogen-bond donors (Lipinski definition) is 2. The maximum absolute atomic E-state index is 11.6. The van der Waals surface area contributed by atoms with Crippen molar-refractivity contribution in [2.45, 2.75) is 57.7 Å². The molecule has 0 aromatic rings. The van der Waals surface area contributed by atoms with Gasteiger partial charge >= 0.3 is 5.97 Å². The van der Waals surface area contributed by atoms with Gasteiger partial charge in [0, 0.05) is 0 Å². The zero-order valence-corrected chi connectivity index (χ0v) is 10.5. The van der Waals surface area contributed by atoms with Crippen molar-refractivity contribution in [1.29, 1.82) is 0 Å². The third-order valence-electron chi connectivity index (χ3n) is 2.66. The molecule has 1 heterocycles. The van der Waals surface area contributed by atoms with Gasteiger partial charge < -0.3 is 15.2 Å². The summed E-state index contributed by atoms with van der Waals surface area (Å²) in [6, 6.07) is 0. The first-order valence-corrected chi connectivity index (χ1v) is 5.96. The minimum absolute atomic E-state index is 0.103. The van der Waals surface area contributed by atoms with Crippen LogP contribution in [-0.4, -0.2) is 35.4 Å². The zero-order valence-electron chi connectivity index (χ0n) is 10.5. The number of carbonyl (C=O) groups excluding carboxylic acids is 1. The predicted octanol–water partition coefficient (Wildman–Crippen LogP) is 1.22. The number of hydrogen-bond acceptors (Lipinski definition) is 4. The number of carbonyl (C=O) groups is 1. The van der Waals surface area contributed by atoms with Crippen LogP contribution in [0.1, 0.15) is 46.5 Å². The first-order valence-electron chi connectivity index (χ1n) is 5.96. The van der Waals surface area contributed by atoms with Gasteiger partial charge in [0.25, 0.3) is 0 Å². The highest BCUT2D eigenvalue weighted by molar-refractivity contribution is 5.71. The van der Waals surface area contributed by atoms with E-state index in [1.807, 2.05) is 20.8 Å². The highest BCUT2D eigenvalue weighted by Gasteiger charge is 2.32. The lowest BCUT2D eigenvalue weighted by Gasteiger charge is -2.27. The van der Waals surface area contributed by atoms with Crippen molar-refractivity contribution in [3.8, 4) is 0 Å². The molecule has 1 saturated heterocycles. The molecule has 1 unspecified atom stereocenters. The summed E-state index contributed by atoms with van der Waals surface area (Å²) in [5.41, 5.74) is -1.36. The molecule has 94 valence electrons. The average Bonchev–Trinajstić information content (AvgIpc) is 2.25. The van der Waals surface area contributed by atoms with Gasteiger partial charge in [0.1, 0.15) is 5.60 Å². The number of ether oxygens (including phenoxy) is 1. The second kappa shape index (κ2) is 5.15. The average molecular weight is 229 g/mol. The first-order chi connectivity index (χ1) is 7.31. The normalized spacial score (nSPS) is 27.2. The highest BCUT2D eigenvalue weighted by atomic mass is 16.6. The Labute approximate surface area is 97.4 Å². The summed E-state index contributed by atoms with van der Waals surface area (Å²) in [6.07, 6.45) is 2.29. The van der Waals surface area contributed by atoms with Gasteiger partial charge in [-0.25, -0.2) is 0 Å². The standard InChI is InChI=1S/C12H23NO3/c1-11(2,3)16-10(14)9-12(15)5-4-7-13-8-6-12/h13,15H,4-9H2,1-3H3. The topological polar surface area (TPSA) is 58.6 Å². The molecule has 0 aromatic heterocycles. The summed E-state index contributed by atoms with van der Waals surface area (Å²) < 4.78 is 5.23. The van der Waals surface area contributed by atoms with Gasteiger partial charge in [-0.3, -0.25) is 4.79 Å². The van der Waals surface area contributed by atoms with E-state index in [1.165, 1.54) is 0 Å². The van der Waals surface area contributed by atoms with Crippen molar-refractivity contribution in [1.82, 2.24) is 5.32 Å². The smallest absolute Gasteiger partial charge is 0.309 e. The lowest BCUT2D eigenvalue weighted by atomic mass is 9.91. The van der Waals surface area contributed by atoms with E-state index in [1.54, 1.807) is 0 Å². The Morgan fingerprint density at radius 2 is 2.06 bits per heavy atom. The van der Waals surface area contributed by atoms with Gasteiger partial charge in [-0.05, 0) is 53.1 Å². The molecule has 2 N–H and O–H groups in total. The zero-order chi connectivity index (χ0) is 12.2. The van der Waals surface area contributed by atoms with Crippen molar-refractivity contribution in [2.24, 2.45) is 0 Å². The van der Waals surface area contributed by atoms with Crippen molar-refractivity contribution in [3.05, 3.63) is 0 Å². The molecule has 0 aromatic carbocycles. The van der Waals surface area contributed by atoms with E-state index < -0.39 is 11.2 Å². The van der Waals surface area contributed by atoms with Crippen LogP contribution in [0, 0.1) is 0 Å². The molecule has 0 bridgehead atoms. The molecular weight excluding hydrogens is 206 g/mol. The molecule has 0 spiro atoms. The van der Waals surface area contributed by atoms with Crippen molar-refractivity contribution in [3.63, 3.8) is 0 Å². The number of nitrogens with one attached hydrogen (secondary N) is 1. The van der Waals surface area contributed by atoms with Gasteiger partial charge in [-0.1, -0.05) is 0 Å². The van der Waals surface area contributed by atoms with Crippen LogP contribution in [0.15, 0.2) is 0 Å². The number of esters is 1. The maximum Gasteiger partial charge on any atom is 0.309 e. The van der Waals surface area contributed by atoms with E-state index in [2.05, 4.69) is 5.32 Å². The second-order valence-corrected chi connectivity index (χ2v) is 5.59. The van der Waals surface area contributed by atoms with Crippen molar-refractivity contribution in [2.75, 3.05) is 13.1 Å². The Morgan fingerprint density at radius 3 is 2.69 bits per heavy atom. The molecule has 0 radical (unpaired) electrons. The second-order valence-electron chi connectivity index (χ2n) is 5.59. The monoisotopic (exact) mass is 229 g/mol. The Bertz CT molecular complexity index is 237. The Hall–Kier alpha value is -0.610. The van der Waals surface area contributed by atoms with Gasteiger partial charge in [0.2, 0.25) is 0 Å². The molecule has 0 amide bonds. The molecule has 4 nitrogen and oxygen atoms in total. The highest BCUT2D eigenvalue weighted by Crippen LogP contribution is 2.24. The van der Waals surface area contributed by atoms with Gasteiger partial charge in [0.05, 0.1) is 12.0 Å². The lowest BCUT2D eigenvalue weighted by molar-refractivity contribution is -0.160. The Kier molecular flexibility index (Phi) is 4.33. The third-order valence-corrected chi connectivity index (χ3v) is 2.66. The van der Waals surface area contributed by atoms with E-state index in [0.29, 0.717) is 12.8 Å². The van der Waals surface area contributed by atoms with E-state index in [-0.39, 0.29) is 12.4 Å². The molecule has 16 heavy (non-hydrogen) atoms. The number of aliphatic hydroxyl groups is 1. The van der Waals surface area contributed by atoms with Gasteiger partial charge in [-0.15, -0.1) is 0 Å². The molecule has 0 aliphatic carbocycles. The fourth-order valence-corrected chi connectivity index (χ4v) is 1.94. The van der Waals surface area contributed by atoms with Gasteiger partial charge in [-0.2, -0.15) is 0 Å². The molecule has 1 rings (SSSR count). The molecule has 4 heteroatoms. The summed E-state index contributed by atoms with van der Waals surface area (Å²) in [6.45, 7) is 7.19. The fourth-order valence-electron chi connectivity index (χ4n) is 1.94. The van der Waals surface area contributed by atoms with Crippen LogP contribution in [0.4, 0.5) is 0 Å². The largest absolute Gasteiger partial charge is 0.460 e. The van der Waals surface area contributed by atoms with E-state index >= 15 is 0 Å². The van der Waals surface area contributed by atoms with E-state index in [0.717, 1.165) is 19.5 Å². The SMILES string of the molecule is CC(C)(C)OC(=O)CC1(O)CCCNCC1. The molecule has 1 fully saturated rings. The lowest BCUT2D eigenvalue weighted by Crippen LogP contribution is -2.35. The summed E-state index contributed by atoms with van der Waals surface area (Å²) in [5.74, 6) is -0.308. The van der Waals surface area contributed by atoms with Crippen LogP contribution in [0.5, 0.6) is 0 Å². The summed E-state index contributed by atoms with van der Waals surface area (Å²) in [4.78, 5) is 11.6. The fraction of sp³-hybridized carbons (Fsp3) is 0.917. The number of rotatable bonds is 2. The van der Waals surface area contributed by atoms with E-state index in [9.17, 15) is 9.90 Å². The van der Waals surface area contributed by atoms with Crippen LogP contribution < -0.4 is 5.32 Å². The van der Waals surface area contributed by atoms with E-state index in [4.69, 9.17) is 4.74 Å². The molecular formula is C12H23NO3. The van der Waals surface area contributed by atoms with Crippen LogP contribution >= 0.6 is 0 Å². The van der Waals surface area contributed by atoms with Crippen LogP contribution in [-0.2, 0) is 9.53 Å². The van der Waals surface area contributed by atoms with Crippen molar-refractivity contribution < 1.29 is 14.6 Å². The van der Waals surface area contributed by atoms with Crippen molar-refractivity contribution >= 4 is 5.97 Å². The summed E-state index contributed by atoms with van der Waals surface area (Å²) in [7, 11) is 0. The third kappa shape index (κ3) is 4.94. The Morgan fingerprint density at radius 1 is 1.38 bits per heavy atom. The molecule has 1 aliphatic rings. The minimum Gasteiger partial charge on any atom is -0.460 e. The molecule has 1 aliphatic heterocycles. The molecule has 1 atom stereocenters. The summed E-state index contributed by atoms with van der Waals surface area (Å²) in [5, 5.41) is 13.5. The maximum atomic E-state index is 11.6. The minimum atomic E-state index is -0.883. The van der Waals surface area contributed by atoms with Crippen LogP contribution in [0.2, 0.25) is 0 Å². The summed E-state index contributed by atoms with van der Waals surface area (Å²) >= 11 is 0. The first kappa shape index (κ1) is 13.5. The predicted molar refractivity (Wildman–Crippen MR) is 62.1 cm³/mol. The Balaban J connectivity index is 2.47. The van der Waals surface area contributed by atoms with Gasteiger partial charge in [0.15, 0.2) is 0 Å². The quantitative estimate of drug-likeness (QED) is 0.699.